The summed E-state index contributed by atoms with van der Waals surface area (Å²) in [5.74, 6) is 2.32. The fraction of sp³-hybridized carbons (Fsp3) is 0.611. The lowest BCUT2D eigenvalue weighted by molar-refractivity contribution is 0.369. The number of nitrogens with zero attached hydrogens (tertiary/aromatic N) is 2. The molecule has 4 nitrogen and oxygen atoms in total. The third-order valence-corrected chi connectivity index (χ3v) is 4.42. The van der Waals surface area contributed by atoms with Crippen molar-refractivity contribution in [2.75, 3.05) is 33.8 Å². The van der Waals surface area contributed by atoms with Gasteiger partial charge in [0.15, 0.2) is 5.96 Å². The number of methoxy groups -OCH3 is 1. The number of halogens is 1. The molecule has 1 saturated heterocycles. The highest BCUT2D eigenvalue weighted by Crippen LogP contribution is 2.29. The van der Waals surface area contributed by atoms with E-state index in [9.17, 15) is 0 Å². The summed E-state index contributed by atoms with van der Waals surface area (Å²) in [6, 6.07) is 8.22. The van der Waals surface area contributed by atoms with Crippen LogP contribution < -0.4 is 10.1 Å². The monoisotopic (exact) mass is 431 g/mol. The van der Waals surface area contributed by atoms with E-state index in [1.807, 2.05) is 19.2 Å². The average molecular weight is 431 g/mol. The van der Waals surface area contributed by atoms with Gasteiger partial charge >= 0.3 is 0 Å². The van der Waals surface area contributed by atoms with E-state index in [0.717, 1.165) is 31.3 Å². The van der Waals surface area contributed by atoms with Crippen molar-refractivity contribution in [3.8, 4) is 5.75 Å². The molecule has 0 bridgehead atoms. The Balaban J connectivity index is 0.00000264. The van der Waals surface area contributed by atoms with E-state index in [2.05, 4.69) is 48.1 Å². The molecule has 1 unspecified atom stereocenters. The fourth-order valence-corrected chi connectivity index (χ4v) is 3.05. The van der Waals surface area contributed by atoms with E-state index >= 15 is 0 Å². The molecule has 0 aromatic heterocycles. The Morgan fingerprint density at radius 1 is 1.39 bits per heavy atom. The van der Waals surface area contributed by atoms with Crippen molar-refractivity contribution in [2.45, 2.75) is 33.1 Å². The van der Waals surface area contributed by atoms with Crippen molar-refractivity contribution >= 4 is 29.9 Å². The summed E-state index contributed by atoms with van der Waals surface area (Å²) >= 11 is 0. The molecule has 23 heavy (non-hydrogen) atoms. The SMILES string of the molecule is CN=C(NCC(C)c1ccccc1OC)N1CCC(C)(C)C1.I. The van der Waals surface area contributed by atoms with Crippen LogP contribution in [0.5, 0.6) is 5.75 Å². The van der Waals surface area contributed by atoms with Crippen LogP contribution >= 0.6 is 24.0 Å². The first kappa shape index (κ1) is 20.1. The number of para-hydroxylation sites is 1. The molecule has 1 aromatic carbocycles. The van der Waals surface area contributed by atoms with Gasteiger partial charge in [-0.15, -0.1) is 24.0 Å². The molecular formula is C18H30IN3O. The summed E-state index contributed by atoms with van der Waals surface area (Å²) in [6.07, 6.45) is 1.22. The molecule has 2 rings (SSSR count). The lowest BCUT2D eigenvalue weighted by Crippen LogP contribution is -2.42. The van der Waals surface area contributed by atoms with Gasteiger partial charge in [-0.1, -0.05) is 39.0 Å². The molecule has 1 aliphatic heterocycles. The Hall–Kier alpha value is -0.980. The molecule has 130 valence electrons. The lowest BCUT2D eigenvalue weighted by atomic mass is 9.93. The van der Waals surface area contributed by atoms with Crippen molar-refractivity contribution in [1.29, 1.82) is 0 Å². The first-order valence-electron chi connectivity index (χ1n) is 8.05. The van der Waals surface area contributed by atoms with Crippen molar-refractivity contribution in [1.82, 2.24) is 10.2 Å². The first-order chi connectivity index (χ1) is 10.5. The topological polar surface area (TPSA) is 36.9 Å². The number of ether oxygens (including phenoxy) is 1. The number of guanidine groups is 1. The zero-order valence-corrected chi connectivity index (χ0v) is 17.3. The minimum atomic E-state index is 0. The van der Waals surface area contributed by atoms with Crippen LogP contribution in [-0.4, -0.2) is 44.7 Å². The van der Waals surface area contributed by atoms with E-state index in [0.29, 0.717) is 11.3 Å². The number of hydrogen-bond acceptors (Lipinski definition) is 2. The van der Waals surface area contributed by atoms with Crippen LogP contribution in [0.3, 0.4) is 0 Å². The summed E-state index contributed by atoms with van der Waals surface area (Å²) < 4.78 is 5.46. The summed E-state index contributed by atoms with van der Waals surface area (Å²) in [5, 5.41) is 3.52. The number of hydrogen-bond donors (Lipinski definition) is 1. The summed E-state index contributed by atoms with van der Waals surface area (Å²) in [5.41, 5.74) is 1.61. The maximum Gasteiger partial charge on any atom is 0.193 e. The Bertz CT molecular complexity index is 531. The molecule has 1 fully saturated rings. The van der Waals surface area contributed by atoms with Crippen LogP contribution in [0.1, 0.15) is 38.7 Å². The van der Waals surface area contributed by atoms with Gasteiger partial charge in [0.2, 0.25) is 0 Å². The van der Waals surface area contributed by atoms with Gasteiger partial charge in [-0.2, -0.15) is 0 Å². The quantitative estimate of drug-likeness (QED) is 0.449. The largest absolute Gasteiger partial charge is 0.496 e. The highest BCUT2D eigenvalue weighted by atomic mass is 127. The van der Waals surface area contributed by atoms with Gasteiger partial charge in [0.05, 0.1) is 7.11 Å². The van der Waals surface area contributed by atoms with Crippen molar-refractivity contribution in [3.63, 3.8) is 0 Å². The average Bonchev–Trinajstić information content (AvgIpc) is 2.87. The molecule has 0 radical (unpaired) electrons. The molecule has 1 aliphatic rings. The van der Waals surface area contributed by atoms with Gasteiger partial charge in [-0.3, -0.25) is 4.99 Å². The number of aliphatic imine (C=N–C) groups is 1. The summed E-state index contributed by atoms with van der Waals surface area (Å²) in [7, 11) is 3.59. The molecule has 0 amide bonds. The maximum atomic E-state index is 5.46. The molecule has 1 heterocycles. The fourth-order valence-electron chi connectivity index (χ4n) is 3.05. The minimum absolute atomic E-state index is 0. The summed E-state index contributed by atoms with van der Waals surface area (Å²) in [6.45, 7) is 9.84. The second-order valence-corrected chi connectivity index (χ2v) is 6.91. The molecule has 1 atom stereocenters. The van der Waals surface area contributed by atoms with Crippen LogP contribution in [0.15, 0.2) is 29.3 Å². The van der Waals surface area contributed by atoms with Crippen molar-refractivity contribution in [3.05, 3.63) is 29.8 Å². The van der Waals surface area contributed by atoms with Gasteiger partial charge < -0.3 is 15.0 Å². The van der Waals surface area contributed by atoms with Gasteiger partial charge in [-0.25, -0.2) is 0 Å². The molecule has 0 spiro atoms. The zero-order valence-electron chi connectivity index (χ0n) is 14.9. The highest BCUT2D eigenvalue weighted by molar-refractivity contribution is 14.0. The molecular weight excluding hydrogens is 401 g/mol. The Labute approximate surface area is 157 Å². The molecule has 0 saturated carbocycles. The Kier molecular flexibility index (Phi) is 7.64. The number of nitrogens with one attached hydrogen (secondary N) is 1. The smallest absolute Gasteiger partial charge is 0.193 e. The van der Waals surface area contributed by atoms with E-state index in [1.165, 1.54) is 12.0 Å². The van der Waals surface area contributed by atoms with Crippen molar-refractivity contribution in [2.24, 2.45) is 10.4 Å². The van der Waals surface area contributed by atoms with Gasteiger partial charge in [0.25, 0.3) is 0 Å². The van der Waals surface area contributed by atoms with Gasteiger partial charge in [0.1, 0.15) is 5.75 Å². The predicted molar refractivity (Wildman–Crippen MR) is 108 cm³/mol. The van der Waals surface area contributed by atoms with Crippen molar-refractivity contribution < 1.29 is 4.74 Å². The second-order valence-electron chi connectivity index (χ2n) is 6.91. The molecule has 1 aromatic rings. The normalized spacial score (nSPS) is 18.3. The van der Waals surface area contributed by atoms with Crippen LogP contribution in [0, 0.1) is 5.41 Å². The van der Waals surface area contributed by atoms with Crippen LogP contribution in [0.25, 0.3) is 0 Å². The zero-order chi connectivity index (χ0) is 16.2. The third-order valence-electron chi connectivity index (χ3n) is 4.42. The van der Waals surface area contributed by atoms with Gasteiger partial charge in [-0.05, 0) is 23.5 Å². The van der Waals surface area contributed by atoms with E-state index in [4.69, 9.17) is 4.74 Å². The van der Waals surface area contributed by atoms with Crippen LogP contribution in [0.4, 0.5) is 0 Å². The van der Waals surface area contributed by atoms with Gasteiger partial charge in [0, 0.05) is 32.6 Å². The number of likely N-dealkylation sites (tertiary alicyclic amines) is 1. The number of rotatable bonds is 4. The lowest BCUT2D eigenvalue weighted by Gasteiger charge is -2.25. The maximum absolute atomic E-state index is 5.46. The molecule has 0 aliphatic carbocycles. The van der Waals surface area contributed by atoms with Crippen LogP contribution in [-0.2, 0) is 0 Å². The third kappa shape index (κ3) is 5.26. The van der Waals surface area contributed by atoms with E-state index in [-0.39, 0.29) is 24.0 Å². The highest BCUT2D eigenvalue weighted by Gasteiger charge is 2.30. The second kappa shape index (κ2) is 8.76. The van der Waals surface area contributed by atoms with Crippen LogP contribution in [0.2, 0.25) is 0 Å². The molecule has 5 heteroatoms. The first-order valence-corrected chi connectivity index (χ1v) is 8.05. The molecule has 1 N–H and O–H groups in total. The standard InChI is InChI=1S/C18H29N3O.HI/c1-14(15-8-6-7-9-16(15)22-5)12-20-17(19-4)21-11-10-18(2,3)13-21;/h6-9,14H,10-13H2,1-5H3,(H,19,20);1H. The number of benzene rings is 1. The Morgan fingerprint density at radius 2 is 2.09 bits per heavy atom. The Morgan fingerprint density at radius 3 is 2.65 bits per heavy atom. The minimum Gasteiger partial charge on any atom is -0.496 e. The predicted octanol–water partition coefficient (Wildman–Crippen LogP) is 3.72. The summed E-state index contributed by atoms with van der Waals surface area (Å²) in [4.78, 5) is 6.80. The van der Waals surface area contributed by atoms with E-state index < -0.39 is 0 Å². The van der Waals surface area contributed by atoms with E-state index in [1.54, 1.807) is 7.11 Å².